The van der Waals surface area contributed by atoms with E-state index in [4.69, 9.17) is 11.5 Å². The Morgan fingerprint density at radius 3 is 2.31 bits per heavy atom. The molecule has 0 spiro atoms. The van der Waals surface area contributed by atoms with Crippen molar-refractivity contribution in [3.63, 3.8) is 0 Å². The van der Waals surface area contributed by atoms with Gasteiger partial charge < -0.3 is 11.5 Å². The first-order valence-electron chi connectivity index (χ1n) is 8.80. The molecule has 0 saturated heterocycles. The van der Waals surface area contributed by atoms with Crippen molar-refractivity contribution in [1.82, 2.24) is 4.57 Å². The highest BCUT2D eigenvalue weighted by Crippen LogP contribution is 2.35. The van der Waals surface area contributed by atoms with Gasteiger partial charge in [-0.05, 0) is 17.2 Å². The quantitative estimate of drug-likeness (QED) is 0.677. The summed E-state index contributed by atoms with van der Waals surface area (Å²) in [4.78, 5) is 25.5. The lowest BCUT2D eigenvalue weighted by atomic mass is 9.83. The predicted molar refractivity (Wildman–Crippen MR) is 113 cm³/mol. The van der Waals surface area contributed by atoms with Crippen molar-refractivity contribution in [2.24, 2.45) is 11.5 Å². The molecule has 4 N–H and O–H groups in total. The molecular formula is C22H16N4O2S. The Bertz CT molecular complexity index is 1360. The van der Waals surface area contributed by atoms with Gasteiger partial charge in [0.25, 0.3) is 5.56 Å². The molecule has 0 aliphatic carbocycles. The van der Waals surface area contributed by atoms with Crippen LogP contribution in [0.2, 0.25) is 0 Å². The Labute approximate surface area is 169 Å². The molecule has 142 valence electrons. The van der Waals surface area contributed by atoms with Crippen LogP contribution in [0.4, 0.5) is 0 Å². The van der Waals surface area contributed by atoms with Gasteiger partial charge in [-0.3, -0.25) is 14.2 Å². The lowest BCUT2D eigenvalue weighted by molar-refractivity contribution is -0.113. The van der Waals surface area contributed by atoms with E-state index in [0.717, 1.165) is 16.9 Å². The molecule has 1 aliphatic rings. The van der Waals surface area contributed by atoms with Crippen LogP contribution in [0, 0.1) is 11.3 Å². The van der Waals surface area contributed by atoms with Gasteiger partial charge in [0.05, 0.1) is 27.7 Å². The van der Waals surface area contributed by atoms with Gasteiger partial charge in [0, 0.05) is 0 Å². The zero-order chi connectivity index (χ0) is 20.5. The monoisotopic (exact) mass is 400 g/mol. The number of carbonyl (C=O) groups excluding carboxylic acids is 1. The Kier molecular flexibility index (Phi) is 4.63. The van der Waals surface area contributed by atoms with Crippen molar-refractivity contribution in [3.05, 3.63) is 96.9 Å². The molecule has 6 nitrogen and oxygen atoms in total. The van der Waals surface area contributed by atoms with Crippen molar-refractivity contribution in [2.75, 3.05) is 0 Å². The zero-order valence-electron chi connectivity index (χ0n) is 15.2. The second-order valence-corrected chi connectivity index (χ2v) is 7.53. The van der Waals surface area contributed by atoms with Crippen LogP contribution >= 0.6 is 11.3 Å². The maximum atomic E-state index is 13.1. The number of carbonyl (C=O) groups is 1. The molecule has 1 aliphatic heterocycles. The van der Waals surface area contributed by atoms with E-state index in [1.54, 1.807) is 18.2 Å². The molecule has 1 unspecified atom stereocenters. The van der Waals surface area contributed by atoms with Crippen LogP contribution < -0.4 is 26.2 Å². The molecule has 0 fully saturated rings. The summed E-state index contributed by atoms with van der Waals surface area (Å²) in [5.41, 5.74) is 13.4. The van der Waals surface area contributed by atoms with E-state index >= 15 is 0 Å². The summed E-state index contributed by atoms with van der Waals surface area (Å²) < 4.78 is 1.98. The minimum absolute atomic E-state index is 0.0234. The highest BCUT2D eigenvalue weighted by atomic mass is 32.1. The van der Waals surface area contributed by atoms with Crippen molar-refractivity contribution >= 4 is 34.7 Å². The van der Waals surface area contributed by atoms with E-state index in [-0.39, 0.29) is 22.5 Å². The van der Waals surface area contributed by atoms with Crippen LogP contribution in [0.1, 0.15) is 17.0 Å². The Hall–Kier alpha value is -3.89. The van der Waals surface area contributed by atoms with Gasteiger partial charge in [0.1, 0.15) is 10.5 Å². The van der Waals surface area contributed by atoms with Crippen LogP contribution in [-0.4, -0.2) is 10.5 Å². The number of nitrogens with two attached hydrogens (primary N) is 2. The number of nitriles is 1. The molecule has 1 amide bonds. The third-order valence-electron chi connectivity index (χ3n) is 4.76. The summed E-state index contributed by atoms with van der Waals surface area (Å²) in [7, 11) is 0. The molecule has 1 atom stereocenters. The highest BCUT2D eigenvalue weighted by Gasteiger charge is 2.34. The molecular weight excluding hydrogens is 384 g/mol. The van der Waals surface area contributed by atoms with Crippen molar-refractivity contribution in [2.45, 2.75) is 5.92 Å². The minimum atomic E-state index is -0.721. The third-order valence-corrected chi connectivity index (χ3v) is 5.87. The van der Waals surface area contributed by atoms with Crippen molar-refractivity contribution in [3.8, 4) is 6.07 Å². The number of hydrogen-bond acceptors (Lipinski definition) is 5. The Morgan fingerprint density at radius 1 is 1.10 bits per heavy atom. The third kappa shape index (κ3) is 3.06. The van der Waals surface area contributed by atoms with Gasteiger partial charge in [-0.1, -0.05) is 60.7 Å². The number of primary amides is 1. The molecule has 4 rings (SSSR count). The maximum absolute atomic E-state index is 13.1. The van der Waals surface area contributed by atoms with Gasteiger partial charge in [-0.2, -0.15) is 5.26 Å². The molecule has 7 heteroatoms. The summed E-state index contributed by atoms with van der Waals surface area (Å²) in [5, 5.41) is 9.78. The molecule has 2 heterocycles. The van der Waals surface area contributed by atoms with E-state index in [2.05, 4.69) is 6.07 Å². The lowest BCUT2D eigenvalue weighted by Gasteiger charge is -2.24. The first-order valence-corrected chi connectivity index (χ1v) is 9.62. The van der Waals surface area contributed by atoms with E-state index in [1.807, 2.05) is 48.5 Å². The summed E-state index contributed by atoms with van der Waals surface area (Å²) >= 11 is 1.14. The molecule has 2 aromatic carbocycles. The molecule has 1 aromatic heterocycles. The number of aromatic nitrogens is 1. The smallest absolute Gasteiger partial charge is 0.274 e. The average molecular weight is 400 g/mol. The fourth-order valence-electron chi connectivity index (χ4n) is 3.47. The van der Waals surface area contributed by atoms with Crippen LogP contribution in [0.5, 0.6) is 0 Å². The molecule has 29 heavy (non-hydrogen) atoms. The number of hydrogen-bond donors (Lipinski definition) is 2. The Morgan fingerprint density at radius 2 is 1.72 bits per heavy atom. The van der Waals surface area contributed by atoms with Crippen LogP contribution in [-0.2, 0) is 4.79 Å². The van der Waals surface area contributed by atoms with Crippen LogP contribution in [0.25, 0.3) is 17.5 Å². The van der Waals surface area contributed by atoms with Gasteiger partial charge in [-0.15, -0.1) is 11.3 Å². The SMILES string of the molecule is N#CC1=C(N)n2c(sc(=Cc3ccccc3)c2=O)=C(C(N)=O)C1c1ccccc1. The Balaban J connectivity index is 2.11. The number of benzene rings is 2. The van der Waals surface area contributed by atoms with Crippen LogP contribution in [0.3, 0.4) is 0 Å². The number of rotatable bonds is 3. The topological polar surface area (TPSA) is 115 Å². The van der Waals surface area contributed by atoms with Crippen molar-refractivity contribution in [1.29, 1.82) is 5.26 Å². The zero-order valence-corrected chi connectivity index (χ0v) is 16.0. The molecule has 0 saturated carbocycles. The largest absolute Gasteiger partial charge is 0.384 e. The van der Waals surface area contributed by atoms with E-state index in [1.165, 1.54) is 4.57 Å². The fraction of sp³-hybridized carbons (Fsp3) is 0.0455. The summed E-state index contributed by atoms with van der Waals surface area (Å²) in [6, 6.07) is 20.5. The number of nitrogens with zero attached hydrogens (tertiary/aromatic N) is 2. The van der Waals surface area contributed by atoms with Gasteiger partial charge in [0.2, 0.25) is 5.91 Å². The van der Waals surface area contributed by atoms with E-state index < -0.39 is 11.8 Å². The van der Waals surface area contributed by atoms with Gasteiger partial charge >= 0.3 is 0 Å². The summed E-state index contributed by atoms with van der Waals surface area (Å²) in [6.45, 7) is 0. The number of amides is 1. The van der Waals surface area contributed by atoms with E-state index in [0.29, 0.717) is 14.8 Å². The average Bonchev–Trinajstić information content (AvgIpc) is 3.05. The van der Waals surface area contributed by atoms with Crippen molar-refractivity contribution < 1.29 is 4.79 Å². The summed E-state index contributed by atoms with van der Waals surface area (Å²) in [6.07, 6.45) is 1.73. The minimum Gasteiger partial charge on any atom is -0.384 e. The molecule has 0 radical (unpaired) electrons. The maximum Gasteiger partial charge on any atom is 0.274 e. The number of allylic oxidation sites excluding steroid dienone is 1. The standard InChI is InChI=1S/C22H16N4O2S/c23-12-15-17(14-9-5-2-6-10-14)18(20(25)27)22-26(19(15)24)21(28)16(29-22)11-13-7-3-1-4-8-13/h1-11,17H,24H2,(H2,25,27). The van der Waals surface area contributed by atoms with Gasteiger partial charge in [0.15, 0.2) is 0 Å². The van der Waals surface area contributed by atoms with Gasteiger partial charge in [-0.25, -0.2) is 0 Å². The summed E-state index contributed by atoms with van der Waals surface area (Å²) in [5.74, 6) is -1.39. The van der Waals surface area contributed by atoms with E-state index in [9.17, 15) is 14.9 Å². The first kappa shape index (κ1) is 18.5. The number of thiazole rings is 1. The highest BCUT2D eigenvalue weighted by molar-refractivity contribution is 7.07. The normalized spacial score (nSPS) is 16.4. The second-order valence-electron chi connectivity index (χ2n) is 6.50. The molecule has 3 aromatic rings. The second kappa shape index (κ2) is 7.26. The first-order chi connectivity index (χ1) is 14.0. The number of fused-ring (bicyclic) bond motifs is 1. The lowest BCUT2D eigenvalue weighted by Crippen LogP contribution is -2.41. The predicted octanol–water partition coefficient (Wildman–Crippen LogP) is 0.823. The fourth-order valence-corrected chi connectivity index (χ4v) is 4.65. The van der Waals surface area contributed by atoms with Crippen LogP contribution in [0.15, 0.2) is 71.0 Å². The molecule has 0 bridgehead atoms.